The van der Waals surface area contributed by atoms with E-state index in [2.05, 4.69) is 4.98 Å². The highest BCUT2D eigenvalue weighted by molar-refractivity contribution is 7.90. The molecule has 0 radical (unpaired) electrons. The summed E-state index contributed by atoms with van der Waals surface area (Å²) in [6.07, 6.45) is 4.50. The Morgan fingerprint density at radius 1 is 1.52 bits per heavy atom. The SMILES string of the molecule is CCC1(C(=O)O)CCCN(c2ncccc2S(C)(=O)=O)C1. The molecule has 1 aliphatic heterocycles. The third kappa shape index (κ3) is 3.02. The molecule has 0 saturated carbocycles. The minimum absolute atomic E-state index is 0.155. The lowest BCUT2D eigenvalue weighted by Gasteiger charge is -2.40. The molecule has 1 N–H and O–H groups in total. The summed E-state index contributed by atoms with van der Waals surface area (Å²) in [5.74, 6) is -0.467. The number of aliphatic carboxylic acids is 1. The van der Waals surface area contributed by atoms with Crippen LogP contribution in [-0.2, 0) is 14.6 Å². The zero-order valence-electron chi connectivity index (χ0n) is 12.2. The van der Waals surface area contributed by atoms with Crippen LogP contribution >= 0.6 is 0 Å². The highest BCUT2D eigenvalue weighted by atomic mass is 32.2. The number of carboxylic acids is 1. The van der Waals surface area contributed by atoms with Crippen LogP contribution in [0.1, 0.15) is 26.2 Å². The normalized spacial score (nSPS) is 23.0. The molecule has 1 atom stereocenters. The first kappa shape index (κ1) is 15.8. The molecule has 1 fully saturated rings. The van der Waals surface area contributed by atoms with E-state index in [0.717, 1.165) is 6.26 Å². The lowest BCUT2D eigenvalue weighted by Crippen LogP contribution is -2.48. The molecule has 1 saturated heterocycles. The Bertz CT molecular complexity index is 644. The van der Waals surface area contributed by atoms with Gasteiger partial charge in [0.2, 0.25) is 0 Å². The number of carbonyl (C=O) groups is 1. The van der Waals surface area contributed by atoms with Gasteiger partial charge in [-0.25, -0.2) is 13.4 Å². The molecule has 1 aromatic rings. The molecule has 6 nitrogen and oxygen atoms in total. The maximum atomic E-state index is 11.9. The van der Waals surface area contributed by atoms with Crippen LogP contribution in [-0.4, -0.2) is 43.8 Å². The Morgan fingerprint density at radius 2 is 2.24 bits per heavy atom. The van der Waals surface area contributed by atoms with Crippen LogP contribution in [0.4, 0.5) is 5.82 Å². The Labute approximate surface area is 124 Å². The first-order chi connectivity index (χ1) is 9.80. The average Bonchev–Trinajstić information content (AvgIpc) is 2.46. The second-order valence-electron chi connectivity index (χ2n) is 5.56. The summed E-state index contributed by atoms with van der Waals surface area (Å²) in [6.45, 7) is 2.76. The number of carboxylic acid groups (broad SMARTS) is 1. The maximum absolute atomic E-state index is 11.9. The van der Waals surface area contributed by atoms with Crippen molar-refractivity contribution in [2.45, 2.75) is 31.1 Å². The van der Waals surface area contributed by atoms with E-state index >= 15 is 0 Å². The summed E-state index contributed by atoms with van der Waals surface area (Å²) in [7, 11) is -3.40. The third-order valence-corrected chi connectivity index (χ3v) is 5.27. The lowest BCUT2D eigenvalue weighted by atomic mass is 9.77. The predicted octanol–water partition coefficient (Wildman–Crippen LogP) is 1.57. The van der Waals surface area contributed by atoms with Gasteiger partial charge in [-0.2, -0.15) is 0 Å². The van der Waals surface area contributed by atoms with Gasteiger partial charge in [-0.3, -0.25) is 4.79 Å². The molecular formula is C14H20N2O4S. The molecule has 2 heterocycles. The number of aromatic nitrogens is 1. The van der Waals surface area contributed by atoms with Crippen molar-refractivity contribution in [1.29, 1.82) is 0 Å². The summed E-state index contributed by atoms with van der Waals surface area (Å²) in [4.78, 5) is 17.7. The minimum atomic E-state index is -3.40. The van der Waals surface area contributed by atoms with Gasteiger partial charge < -0.3 is 10.0 Å². The van der Waals surface area contributed by atoms with Gasteiger partial charge in [-0.1, -0.05) is 6.92 Å². The number of anilines is 1. The van der Waals surface area contributed by atoms with Crippen molar-refractivity contribution in [3.63, 3.8) is 0 Å². The number of hydrogen-bond donors (Lipinski definition) is 1. The monoisotopic (exact) mass is 312 g/mol. The van der Waals surface area contributed by atoms with Crippen LogP contribution in [0.5, 0.6) is 0 Å². The van der Waals surface area contributed by atoms with E-state index in [9.17, 15) is 18.3 Å². The molecule has 0 aromatic carbocycles. The summed E-state index contributed by atoms with van der Waals surface area (Å²) >= 11 is 0. The third-order valence-electron chi connectivity index (χ3n) is 4.16. The van der Waals surface area contributed by atoms with Gasteiger partial charge in [0.15, 0.2) is 9.84 Å². The van der Waals surface area contributed by atoms with Crippen LogP contribution in [0.25, 0.3) is 0 Å². The standard InChI is InChI=1S/C14H20N2O4S/c1-3-14(13(17)18)7-5-9-16(10-14)12-11(21(2,19)20)6-4-8-15-12/h4,6,8H,3,5,7,9-10H2,1-2H3,(H,17,18). The summed E-state index contributed by atoms with van der Waals surface area (Å²) in [5.41, 5.74) is -0.829. The summed E-state index contributed by atoms with van der Waals surface area (Å²) in [6, 6.07) is 3.09. The molecule has 116 valence electrons. The second-order valence-corrected chi connectivity index (χ2v) is 7.55. The number of nitrogens with zero attached hydrogens (tertiary/aromatic N) is 2. The Kier molecular flexibility index (Phi) is 4.22. The van der Waals surface area contributed by atoms with Gasteiger partial charge in [0.1, 0.15) is 10.7 Å². The number of rotatable bonds is 4. The molecule has 1 aromatic heterocycles. The summed E-state index contributed by atoms with van der Waals surface area (Å²) < 4.78 is 23.8. The van der Waals surface area contributed by atoms with Crippen LogP contribution in [0.2, 0.25) is 0 Å². The lowest BCUT2D eigenvalue weighted by molar-refractivity contribution is -0.149. The van der Waals surface area contributed by atoms with Crippen molar-refractivity contribution in [2.75, 3.05) is 24.2 Å². The van der Waals surface area contributed by atoms with Crippen LogP contribution in [0.15, 0.2) is 23.2 Å². The minimum Gasteiger partial charge on any atom is -0.481 e. The molecule has 1 aliphatic rings. The average molecular weight is 312 g/mol. The van der Waals surface area contributed by atoms with Gasteiger partial charge in [-0.15, -0.1) is 0 Å². The van der Waals surface area contributed by atoms with E-state index in [1.165, 1.54) is 12.3 Å². The highest BCUT2D eigenvalue weighted by Gasteiger charge is 2.41. The van der Waals surface area contributed by atoms with Gasteiger partial charge >= 0.3 is 5.97 Å². The highest BCUT2D eigenvalue weighted by Crippen LogP contribution is 2.36. The molecule has 2 rings (SSSR count). The topological polar surface area (TPSA) is 87.6 Å². The summed E-state index contributed by atoms with van der Waals surface area (Å²) in [5, 5.41) is 9.52. The van der Waals surface area contributed by atoms with Crippen LogP contribution in [0.3, 0.4) is 0 Å². The van der Waals surface area contributed by atoms with Crippen molar-refractivity contribution in [2.24, 2.45) is 5.41 Å². The van der Waals surface area contributed by atoms with Crippen molar-refractivity contribution < 1.29 is 18.3 Å². The molecule has 1 unspecified atom stereocenters. The fourth-order valence-corrected chi connectivity index (χ4v) is 3.68. The first-order valence-electron chi connectivity index (χ1n) is 6.93. The van der Waals surface area contributed by atoms with Crippen LogP contribution in [0, 0.1) is 5.41 Å². The maximum Gasteiger partial charge on any atom is 0.311 e. The molecule has 0 spiro atoms. The van der Waals surface area contributed by atoms with E-state index in [4.69, 9.17) is 0 Å². The van der Waals surface area contributed by atoms with E-state index in [0.29, 0.717) is 38.2 Å². The molecule has 0 amide bonds. The number of sulfone groups is 1. The number of hydrogen-bond acceptors (Lipinski definition) is 5. The quantitative estimate of drug-likeness (QED) is 0.908. The Balaban J connectivity index is 2.42. The van der Waals surface area contributed by atoms with E-state index in [1.54, 1.807) is 11.0 Å². The fraction of sp³-hybridized carbons (Fsp3) is 0.571. The van der Waals surface area contributed by atoms with Crippen molar-refractivity contribution >= 4 is 21.6 Å². The van der Waals surface area contributed by atoms with E-state index in [1.807, 2.05) is 6.92 Å². The van der Waals surface area contributed by atoms with Crippen molar-refractivity contribution in [3.8, 4) is 0 Å². The largest absolute Gasteiger partial charge is 0.481 e. The number of pyridine rings is 1. The van der Waals surface area contributed by atoms with E-state index in [-0.39, 0.29) is 4.90 Å². The van der Waals surface area contributed by atoms with Crippen LogP contribution < -0.4 is 4.90 Å². The van der Waals surface area contributed by atoms with Gasteiger partial charge in [0.25, 0.3) is 0 Å². The first-order valence-corrected chi connectivity index (χ1v) is 8.83. The second kappa shape index (κ2) is 5.63. The molecule has 7 heteroatoms. The molecule has 21 heavy (non-hydrogen) atoms. The predicted molar refractivity (Wildman–Crippen MR) is 79.2 cm³/mol. The van der Waals surface area contributed by atoms with Crippen molar-refractivity contribution in [1.82, 2.24) is 4.98 Å². The fourth-order valence-electron chi connectivity index (χ4n) is 2.84. The van der Waals surface area contributed by atoms with Gasteiger partial charge in [0.05, 0.1) is 5.41 Å². The number of piperidine rings is 1. The van der Waals surface area contributed by atoms with Gasteiger partial charge in [-0.05, 0) is 31.4 Å². The zero-order chi connectivity index (χ0) is 15.7. The molecule has 0 bridgehead atoms. The Morgan fingerprint density at radius 3 is 2.81 bits per heavy atom. The molecule has 0 aliphatic carbocycles. The van der Waals surface area contributed by atoms with E-state index < -0.39 is 21.2 Å². The van der Waals surface area contributed by atoms with Crippen molar-refractivity contribution in [3.05, 3.63) is 18.3 Å². The Hall–Kier alpha value is -1.63. The molecular weight excluding hydrogens is 292 g/mol. The van der Waals surface area contributed by atoms with Gasteiger partial charge in [0, 0.05) is 25.5 Å². The smallest absolute Gasteiger partial charge is 0.311 e. The zero-order valence-corrected chi connectivity index (χ0v) is 13.1.